The Bertz CT molecular complexity index is 296. The number of piperidine rings is 3. The summed E-state index contributed by atoms with van der Waals surface area (Å²) in [5.74, 6) is 1.35. The summed E-state index contributed by atoms with van der Waals surface area (Å²) < 4.78 is 10.5. The number of fused-ring (bicyclic) bond motifs is 3. The quantitative estimate of drug-likeness (QED) is 0.773. The van der Waals surface area contributed by atoms with Gasteiger partial charge in [0, 0.05) is 12.6 Å². The summed E-state index contributed by atoms with van der Waals surface area (Å²) in [6.45, 7) is 3.53. The van der Waals surface area contributed by atoms with E-state index in [0.29, 0.717) is 12.0 Å². The Kier molecular flexibility index (Phi) is 3.17. The van der Waals surface area contributed by atoms with Gasteiger partial charge < -0.3 is 9.26 Å². The van der Waals surface area contributed by atoms with Crippen LogP contribution in [-0.2, 0) is 0 Å². The molecule has 2 bridgehead atoms. The maximum Gasteiger partial charge on any atom is 0.254 e. The third-order valence-corrected chi connectivity index (χ3v) is 3.28. The van der Waals surface area contributed by atoms with Crippen molar-refractivity contribution in [1.82, 2.24) is 10.1 Å². The van der Waals surface area contributed by atoms with Gasteiger partial charge in [-0.2, -0.15) is 0 Å². The number of halogens is 1. The second-order valence-corrected chi connectivity index (χ2v) is 4.13. The van der Waals surface area contributed by atoms with Gasteiger partial charge in [0.2, 0.25) is 0 Å². The molecule has 4 rings (SSSR count). The minimum absolute atomic E-state index is 0. The summed E-state index contributed by atoms with van der Waals surface area (Å²) in [5.41, 5.74) is 0. The smallest absolute Gasteiger partial charge is 0.254 e. The second-order valence-electron chi connectivity index (χ2n) is 4.13. The standard InChI is InChI=1S/C10H14N2O2.ClH/c1-4-12-5-2-8(1)9(7-12)14-10-3-6-13-11-10;/h3,6,8-9H,1-2,4-5,7H2;1H. The van der Waals surface area contributed by atoms with Crippen molar-refractivity contribution in [3.63, 3.8) is 0 Å². The molecule has 4 heterocycles. The van der Waals surface area contributed by atoms with E-state index in [4.69, 9.17) is 9.26 Å². The number of ether oxygens (including phenoxy) is 1. The van der Waals surface area contributed by atoms with Crippen molar-refractivity contribution in [2.75, 3.05) is 19.6 Å². The number of hydrogen-bond acceptors (Lipinski definition) is 4. The monoisotopic (exact) mass is 230 g/mol. The Labute approximate surface area is 95.0 Å². The molecule has 3 saturated heterocycles. The van der Waals surface area contributed by atoms with E-state index in [1.165, 1.54) is 25.9 Å². The first-order chi connectivity index (χ1) is 6.92. The second kappa shape index (κ2) is 4.41. The number of nitrogens with zero attached hydrogens (tertiary/aromatic N) is 2. The van der Waals surface area contributed by atoms with Gasteiger partial charge in [0.05, 0.1) is 0 Å². The lowest BCUT2D eigenvalue weighted by Gasteiger charge is -2.43. The lowest BCUT2D eigenvalue weighted by molar-refractivity contribution is -0.0113. The maximum atomic E-state index is 5.78. The average molecular weight is 231 g/mol. The molecule has 84 valence electrons. The minimum Gasteiger partial charge on any atom is -0.471 e. The molecular weight excluding hydrogens is 216 g/mol. The van der Waals surface area contributed by atoms with Crippen molar-refractivity contribution >= 4 is 12.4 Å². The van der Waals surface area contributed by atoms with Crippen molar-refractivity contribution in [1.29, 1.82) is 0 Å². The molecule has 1 aromatic rings. The summed E-state index contributed by atoms with van der Waals surface area (Å²) in [6.07, 6.45) is 4.41. The van der Waals surface area contributed by atoms with Gasteiger partial charge in [-0.3, -0.25) is 4.90 Å². The fourth-order valence-electron chi connectivity index (χ4n) is 2.46. The number of aromatic nitrogens is 1. The molecule has 1 atom stereocenters. The molecule has 15 heavy (non-hydrogen) atoms. The predicted octanol–water partition coefficient (Wildman–Crippen LogP) is 1.57. The lowest BCUT2D eigenvalue weighted by Crippen LogP contribution is -2.52. The highest BCUT2D eigenvalue weighted by Crippen LogP contribution is 2.29. The van der Waals surface area contributed by atoms with Crippen molar-refractivity contribution < 1.29 is 9.26 Å². The Balaban J connectivity index is 0.000000853. The van der Waals surface area contributed by atoms with Crippen LogP contribution in [0.4, 0.5) is 0 Å². The van der Waals surface area contributed by atoms with Crippen molar-refractivity contribution in [2.45, 2.75) is 18.9 Å². The first-order valence-corrected chi connectivity index (χ1v) is 5.21. The highest BCUT2D eigenvalue weighted by atomic mass is 35.5. The fourth-order valence-corrected chi connectivity index (χ4v) is 2.46. The summed E-state index contributed by atoms with van der Waals surface area (Å²) in [4.78, 5) is 2.46. The molecule has 0 aromatic carbocycles. The molecule has 0 saturated carbocycles. The van der Waals surface area contributed by atoms with Crippen LogP contribution in [0.3, 0.4) is 0 Å². The number of hydrogen-bond donors (Lipinski definition) is 0. The van der Waals surface area contributed by atoms with Gasteiger partial charge >= 0.3 is 0 Å². The molecule has 0 aliphatic carbocycles. The molecule has 0 spiro atoms. The number of rotatable bonds is 2. The van der Waals surface area contributed by atoms with Crippen LogP contribution in [0.2, 0.25) is 0 Å². The van der Waals surface area contributed by atoms with E-state index in [0.717, 1.165) is 12.5 Å². The van der Waals surface area contributed by atoms with E-state index < -0.39 is 0 Å². The Morgan fingerprint density at radius 1 is 1.40 bits per heavy atom. The van der Waals surface area contributed by atoms with Gasteiger partial charge in [0.1, 0.15) is 12.4 Å². The van der Waals surface area contributed by atoms with Gasteiger partial charge in [-0.05, 0) is 37.0 Å². The van der Waals surface area contributed by atoms with Gasteiger partial charge in [-0.1, -0.05) is 0 Å². The fraction of sp³-hybridized carbons (Fsp3) is 0.700. The van der Waals surface area contributed by atoms with Gasteiger partial charge in [0.25, 0.3) is 5.88 Å². The summed E-state index contributed by atoms with van der Waals surface area (Å²) in [6, 6.07) is 1.78. The molecular formula is C10H15ClN2O2. The van der Waals surface area contributed by atoms with Crippen LogP contribution in [0.15, 0.2) is 16.9 Å². The van der Waals surface area contributed by atoms with Crippen LogP contribution in [-0.4, -0.2) is 35.8 Å². The Morgan fingerprint density at radius 3 is 2.73 bits per heavy atom. The first kappa shape index (κ1) is 10.8. The lowest BCUT2D eigenvalue weighted by atomic mass is 9.86. The summed E-state index contributed by atoms with van der Waals surface area (Å²) >= 11 is 0. The largest absolute Gasteiger partial charge is 0.471 e. The van der Waals surface area contributed by atoms with E-state index in [1.54, 1.807) is 12.3 Å². The Hall–Kier alpha value is -0.740. The zero-order valence-corrected chi connectivity index (χ0v) is 9.28. The van der Waals surface area contributed by atoms with Crippen LogP contribution in [0.25, 0.3) is 0 Å². The third kappa shape index (κ3) is 2.11. The van der Waals surface area contributed by atoms with Crippen LogP contribution in [0.5, 0.6) is 5.88 Å². The van der Waals surface area contributed by atoms with E-state index in [9.17, 15) is 0 Å². The topological polar surface area (TPSA) is 38.5 Å². The average Bonchev–Trinajstić information content (AvgIpc) is 2.72. The molecule has 3 fully saturated rings. The van der Waals surface area contributed by atoms with Gasteiger partial charge in [-0.15, -0.1) is 12.4 Å². The Morgan fingerprint density at radius 2 is 2.20 bits per heavy atom. The summed E-state index contributed by atoms with van der Waals surface area (Å²) in [7, 11) is 0. The molecule has 1 aromatic heterocycles. The highest BCUT2D eigenvalue weighted by Gasteiger charge is 2.35. The minimum atomic E-state index is 0. The van der Waals surface area contributed by atoms with Crippen LogP contribution >= 0.6 is 12.4 Å². The zero-order valence-electron chi connectivity index (χ0n) is 8.46. The summed E-state index contributed by atoms with van der Waals surface area (Å²) in [5, 5.41) is 3.78. The van der Waals surface area contributed by atoms with Gasteiger partial charge in [0.15, 0.2) is 0 Å². The molecule has 1 unspecified atom stereocenters. The molecule has 3 aliphatic rings. The first-order valence-electron chi connectivity index (χ1n) is 5.21. The highest BCUT2D eigenvalue weighted by molar-refractivity contribution is 5.85. The molecule has 0 N–H and O–H groups in total. The van der Waals surface area contributed by atoms with E-state index >= 15 is 0 Å². The van der Waals surface area contributed by atoms with Crippen LogP contribution in [0, 0.1) is 5.92 Å². The molecule has 0 radical (unpaired) electrons. The van der Waals surface area contributed by atoms with Crippen LogP contribution < -0.4 is 4.74 Å². The molecule has 3 aliphatic heterocycles. The van der Waals surface area contributed by atoms with E-state index in [-0.39, 0.29) is 12.4 Å². The predicted molar refractivity (Wildman–Crippen MR) is 57.3 cm³/mol. The molecule has 4 nitrogen and oxygen atoms in total. The zero-order chi connectivity index (χ0) is 9.38. The van der Waals surface area contributed by atoms with Crippen molar-refractivity contribution in [3.05, 3.63) is 12.3 Å². The van der Waals surface area contributed by atoms with Crippen LogP contribution in [0.1, 0.15) is 12.8 Å². The van der Waals surface area contributed by atoms with Gasteiger partial charge in [-0.25, -0.2) is 0 Å². The van der Waals surface area contributed by atoms with Crippen molar-refractivity contribution in [3.8, 4) is 5.88 Å². The van der Waals surface area contributed by atoms with E-state index in [2.05, 4.69) is 10.1 Å². The third-order valence-electron chi connectivity index (χ3n) is 3.28. The maximum absolute atomic E-state index is 5.78. The SMILES string of the molecule is Cl.c1cc(OC2CN3CCC2CC3)no1. The molecule has 0 amide bonds. The molecule has 5 heteroatoms. The van der Waals surface area contributed by atoms with Crippen molar-refractivity contribution in [2.24, 2.45) is 5.92 Å². The van der Waals surface area contributed by atoms with E-state index in [1.807, 2.05) is 0 Å². The normalized spacial score (nSPS) is 33.5.